The van der Waals surface area contributed by atoms with Crippen LogP contribution in [0.2, 0.25) is 0 Å². The van der Waals surface area contributed by atoms with Crippen molar-refractivity contribution in [1.82, 2.24) is 15.1 Å². The highest BCUT2D eigenvalue weighted by atomic mass is 32.1. The molecule has 0 saturated heterocycles. The van der Waals surface area contributed by atoms with Gasteiger partial charge in [-0.2, -0.15) is 13.2 Å². The molecule has 1 heterocycles. The van der Waals surface area contributed by atoms with Gasteiger partial charge in [0, 0.05) is 12.0 Å². The number of halogens is 3. The Labute approximate surface area is 112 Å². The maximum absolute atomic E-state index is 12.2. The minimum atomic E-state index is -4.39. The van der Waals surface area contributed by atoms with Crippen molar-refractivity contribution >= 4 is 22.9 Å². The molecule has 1 amide bonds. The molecule has 2 N–H and O–H groups in total. The molecule has 19 heavy (non-hydrogen) atoms. The number of aromatic nitrogens is 2. The second-order valence-corrected chi connectivity index (χ2v) is 5.78. The topological polar surface area (TPSA) is 72.1 Å². The lowest BCUT2D eigenvalue weighted by atomic mass is 9.90. The van der Waals surface area contributed by atoms with E-state index in [-0.39, 0.29) is 13.0 Å². The number of carbonyl (C=O) groups excluding carboxylic acids is 1. The van der Waals surface area contributed by atoms with Crippen molar-refractivity contribution in [3.63, 3.8) is 0 Å². The fourth-order valence-electron chi connectivity index (χ4n) is 1.44. The lowest BCUT2D eigenvalue weighted by molar-refractivity contribution is -0.154. The molecular weight excluding hydrogens is 281 g/mol. The molecule has 0 atom stereocenters. The van der Waals surface area contributed by atoms with E-state index in [0.29, 0.717) is 21.5 Å². The zero-order chi connectivity index (χ0) is 14.7. The quantitative estimate of drug-likeness (QED) is 0.813. The normalized spacial score (nSPS) is 12.5. The van der Waals surface area contributed by atoms with Crippen molar-refractivity contribution in [3.8, 4) is 0 Å². The number of nitrogens with two attached hydrogens (primary N) is 1. The molecule has 0 fully saturated rings. The Balaban J connectivity index is 2.61. The van der Waals surface area contributed by atoms with Crippen LogP contribution in [0.4, 0.5) is 18.3 Å². The van der Waals surface area contributed by atoms with Crippen molar-refractivity contribution in [2.75, 3.05) is 18.8 Å². The molecule has 1 aromatic heterocycles. The summed E-state index contributed by atoms with van der Waals surface area (Å²) in [6, 6.07) is 0. The summed E-state index contributed by atoms with van der Waals surface area (Å²) in [6.07, 6.45) is -3.84. The van der Waals surface area contributed by atoms with Gasteiger partial charge in [0.2, 0.25) is 11.5 Å². The van der Waals surface area contributed by atoms with Gasteiger partial charge in [-0.3, -0.25) is 4.79 Å². The van der Waals surface area contributed by atoms with Crippen molar-refractivity contribution in [2.45, 2.75) is 31.9 Å². The Morgan fingerprint density at radius 1 is 1.37 bits per heavy atom. The summed E-state index contributed by atoms with van der Waals surface area (Å²) in [5, 5.41) is 8.51. The van der Waals surface area contributed by atoms with Gasteiger partial charge in [-0.1, -0.05) is 25.2 Å². The third-order valence-electron chi connectivity index (χ3n) is 2.58. The van der Waals surface area contributed by atoms with Crippen LogP contribution in [0.15, 0.2) is 0 Å². The number of nitrogens with zero attached hydrogens (tertiary/aromatic N) is 3. The van der Waals surface area contributed by atoms with Gasteiger partial charge < -0.3 is 10.6 Å². The zero-order valence-corrected chi connectivity index (χ0v) is 11.4. The Bertz CT molecular complexity index is 433. The number of anilines is 1. The van der Waals surface area contributed by atoms with E-state index in [0.717, 1.165) is 0 Å². The second kappa shape index (κ2) is 5.72. The number of hydrogen-bond acceptors (Lipinski definition) is 5. The maximum Gasteiger partial charge on any atom is 0.406 e. The summed E-state index contributed by atoms with van der Waals surface area (Å²) in [4.78, 5) is 11.3. The number of nitrogen functional groups attached to an aromatic ring is 1. The first-order valence-electron chi connectivity index (χ1n) is 5.49. The Hall–Kier alpha value is -1.38. The van der Waals surface area contributed by atoms with E-state index >= 15 is 0 Å². The van der Waals surface area contributed by atoms with E-state index in [1.807, 2.05) is 13.8 Å². The SMILES string of the molecule is CC(C)(CCN(C=O)CC(F)(F)F)c1nnc(N)s1. The van der Waals surface area contributed by atoms with Crippen molar-refractivity contribution < 1.29 is 18.0 Å². The van der Waals surface area contributed by atoms with Crippen molar-refractivity contribution in [2.24, 2.45) is 0 Å². The molecule has 0 aliphatic carbocycles. The molecule has 0 aliphatic rings. The fourth-order valence-corrected chi connectivity index (χ4v) is 2.18. The first-order chi connectivity index (χ1) is 8.64. The summed E-state index contributed by atoms with van der Waals surface area (Å²) in [6.45, 7) is 2.40. The Morgan fingerprint density at radius 3 is 2.42 bits per heavy atom. The lowest BCUT2D eigenvalue weighted by Crippen LogP contribution is -2.36. The smallest absolute Gasteiger partial charge is 0.374 e. The van der Waals surface area contributed by atoms with Crippen LogP contribution in [0.1, 0.15) is 25.3 Å². The summed E-state index contributed by atoms with van der Waals surface area (Å²) in [7, 11) is 0. The number of alkyl halides is 3. The first-order valence-corrected chi connectivity index (χ1v) is 6.31. The van der Waals surface area contributed by atoms with Crippen molar-refractivity contribution in [3.05, 3.63) is 5.01 Å². The molecule has 9 heteroatoms. The van der Waals surface area contributed by atoms with E-state index in [4.69, 9.17) is 5.73 Å². The van der Waals surface area contributed by atoms with Crippen LogP contribution in [0, 0.1) is 0 Å². The average molecular weight is 296 g/mol. The minimum absolute atomic E-state index is 0.00447. The molecule has 0 unspecified atom stereocenters. The molecule has 5 nitrogen and oxygen atoms in total. The second-order valence-electron chi connectivity index (χ2n) is 4.77. The van der Waals surface area contributed by atoms with Gasteiger partial charge >= 0.3 is 6.18 Å². The zero-order valence-electron chi connectivity index (χ0n) is 10.6. The maximum atomic E-state index is 12.2. The van der Waals surface area contributed by atoms with Gasteiger partial charge in [0.05, 0.1) is 0 Å². The standard InChI is InChI=1S/C10H15F3N4OS/c1-9(2,7-15-16-8(14)19-7)3-4-17(6-18)5-10(11,12)13/h6H,3-5H2,1-2H3,(H2,14,16). The van der Waals surface area contributed by atoms with Crippen LogP contribution in [-0.4, -0.2) is 40.8 Å². The molecule has 0 spiro atoms. The van der Waals surface area contributed by atoms with Crippen LogP contribution in [0.25, 0.3) is 0 Å². The first kappa shape index (κ1) is 15.7. The molecular formula is C10H15F3N4OS. The van der Waals surface area contributed by atoms with E-state index in [9.17, 15) is 18.0 Å². The number of hydrogen-bond donors (Lipinski definition) is 1. The van der Waals surface area contributed by atoms with Gasteiger partial charge in [0.15, 0.2) is 0 Å². The molecule has 1 rings (SSSR count). The molecule has 1 aromatic rings. The molecule has 0 radical (unpaired) electrons. The van der Waals surface area contributed by atoms with Crippen LogP contribution in [0.5, 0.6) is 0 Å². The van der Waals surface area contributed by atoms with Gasteiger partial charge in [0.25, 0.3) is 0 Å². The van der Waals surface area contributed by atoms with Crippen LogP contribution < -0.4 is 5.73 Å². The number of rotatable bonds is 6. The van der Waals surface area contributed by atoms with E-state index in [1.54, 1.807) is 0 Å². The van der Waals surface area contributed by atoms with Crippen LogP contribution >= 0.6 is 11.3 Å². The Kier molecular flexibility index (Phi) is 4.72. The molecule has 0 saturated carbocycles. The van der Waals surface area contributed by atoms with Gasteiger partial charge in [-0.25, -0.2) is 0 Å². The highest BCUT2D eigenvalue weighted by Crippen LogP contribution is 2.30. The summed E-state index contributed by atoms with van der Waals surface area (Å²) >= 11 is 1.19. The van der Waals surface area contributed by atoms with E-state index in [1.165, 1.54) is 11.3 Å². The monoisotopic (exact) mass is 296 g/mol. The predicted molar refractivity (Wildman–Crippen MR) is 65.7 cm³/mol. The minimum Gasteiger partial charge on any atom is -0.374 e. The number of amides is 1. The predicted octanol–water partition coefficient (Wildman–Crippen LogP) is 1.81. The highest BCUT2D eigenvalue weighted by Gasteiger charge is 2.32. The molecule has 0 aromatic carbocycles. The number of carbonyl (C=O) groups is 1. The fraction of sp³-hybridized carbons (Fsp3) is 0.700. The van der Waals surface area contributed by atoms with E-state index in [2.05, 4.69) is 10.2 Å². The summed E-state index contributed by atoms with van der Waals surface area (Å²) in [5.74, 6) is 0. The molecule has 108 valence electrons. The third-order valence-corrected chi connectivity index (χ3v) is 3.69. The largest absolute Gasteiger partial charge is 0.406 e. The highest BCUT2D eigenvalue weighted by molar-refractivity contribution is 7.15. The van der Waals surface area contributed by atoms with Gasteiger partial charge in [-0.15, -0.1) is 10.2 Å². The average Bonchev–Trinajstić information content (AvgIpc) is 2.70. The van der Waals surface area contributed by atoms with Gasteiger partial charge in [0.1, 0.15) is 11.6 Å². The lowest BCUT2D eigenvalue weighted by Gasteiger charge is -2.25. The van der Waals surface area contributed by atoms with Crippen LogP contribution in [-0.2, 0) is 10.2 Å². The molecule has 0 aliphatic heterocycles. The summed E-state index contributed by atoms with van der Waals surface area (Å²) in [5.41, 5.74) is 4.99. The Morgan fingerprint density at radius 2 is 2.00 bits per heavy atom. The third kappa shape index (κ3) is 5.01. The molecule has 0 bridgehead atoms. The van der Waals surface area contributed by atoms with E-state index < -0.39 is 18.1 Å². The van der Waals surface area contributed by atoms with Crippen molar-refractivity contribution in [1.29, 1.82) is 0 Å². The van der Waals surface area contributed by atoms with Gasteiger partial charge in [-0.05, 0) is 6.42 Å². The van der Waals surface area contributed by atoms with Crippen LogP contribution in [0.3, 0.4) is 0 Å². The summed E-state index contributed by atoms with van der Waals surface area (Å²) < 4.78 is 36.6.